The smallest absolute Gasteiger partial charge is 0.126 e. The summed E-state index contributed by atoms with van der Waals surface area (Å²) in [5.41, 5.74) is 2.43. The van der Waals surface area contributed by atoms with Crippen LogP contribution in [-0.2, 0) is 6.42 Å². The van der Waals surface area contributed by atoms with Gasteiger partial charge in [0.15, 0.2) is 0 Å². The van der Waals surface area contributed by atoms with Gasteiger partial charge < -0.3 is 9.47 Å². The first kappa shape index (κ1) is 13.9. The summed E-state index contributed by atoms with van der Waals surface area (Å²) in [5.74, 6) is 1.65. The lowest BCUT2D eigenvalue weighted by atomic mass is 10.0. The van der Waals surface area contributed by atoms with Gasteiger partial charge in [-0.2, -0.15) is 0 Å². The van der Waals surface area contributed by atoms with Crippen molar-refractivity contribution in [1.82, 2.24) is 0 Å². The van der Waals surface area contributed by atoms with Gasteiger partial charge in [-0.25, -0.2) is 0 Å². The van der Waals surface area contributed by atoms with Crippen molar-refractivity contribution >= 4 is 15.9 Å². The van der Waals surface area contributed by atoms with Crippen LogP contribution in [0.2, 0.25) is 0 Å². The Labute approximate surface area is 122 Å². The molecular weight excluding hydrogens is 304 g/mol. The van der Waals surface area contributed by atoms with E-state index in [1.54, 1.807) is 14.2 Å². The van der Waals surface area contributed by atoms with E-state index in [0.717, 1.165) is 23.5 Å². The zero-order valence-electron chi connectivity index (χ0n) is 11.1. The highest BCUT2D eigenvalue weighted by atomic mass is 79.9. The Morgan fingerprint density at radius 1 is 1.00 bits per heavy atom. The quantitative estimate of drug-likeness (QED) is 0.761. The minimum atomic E-state index is 0.218. The van der Waals surface area contributed by atoms with Crippen molar-refractivity contribution in [3.8, 4) is 11.5 Å². The molecule has 0 aliphatic carbocycles. The molecule has 0 N–H and O–H groups in total. The van der Waals surface area contributed by atoms with Gasteiger partial charge in [0.1, 0.15) is 11.5 Å². The van der Waals surface area contributed by atoms with Gasteiger partial charge in [-0.15, -0.1) is 0 Å². The molecule has 0 spiro atoms. The fourth-order valence-corrected chi connectivity index (χ4v) is 2.76. The number of ether oxygens (including phenoxy) is 2. The third-order valence-corrected chi connectivity index (χ3v) is 3.85. The van der Waals surface area contributed by atoms with Crippen molar-refractivity contribution in [3.05, 3.63) is 59.7 Å². The Morgan fingerprint density at radius 3 is 2.37 bits per heavy atom. The second kappa shape index (κ2) is 6.62. The van der Waals surface area contributed by atoms with E-state index in [4.69, 9.17) is 9.47 Å². The predicted octanol–water partition coefficient (Wildman–Crippen LogP) is 4.38. The summed E-state index contributed by atoms with van der Waals surface area (Å²) < 4.78 is 10.7. The monoisotopic (exact) mass is 320 g/mol. The molecule has 0 saturated heterocycles. The molecule has 0 aliphatic heterocycles. The Hall–Kier alpha value is -1.48. The Kier molecular flexibility index (Phi) is 4.86. The summed E-state index contributed by atoms with van der Waals surface area (Å²) in [6.45, 7) is 0. The molecule has 100 valence electrons. The van der Waals surface area contributed by atoms with Crippen molar-refractivity contribution in [1.29, 1.82) is 0 Å². The molecule has 0 aromatic heterocycles. The van der Waals surface area contributed by atoms with Crippen LogP contribution < -0.4 is 9.47 Å². The van der Waals surface area contributed by atoms with Gasteiger partial charge in [-0.3, -0.25) is 0 Å². The average molecular weight is 321 g/mol. The SMILES string of the molecule is COc1ccc(C(Br)Cc2ccccc2)c(OC)c1. The van der Waals surface area contributed by atoms with Crippen LogP contribution in [0, 0.1) is 0 Å². The van der Waals surface area contributed by atoms with Crippen molar-refractivity contribution in [2.45, 2.75) is 11.2 Å². The van der Waals surface area contributed by atoms with E-state index >= 15 is 0 Å². The maximum atomic E-state index is 5.44. The molecule has 0 heterocycles. The van der Waals surface area contributed by atoms with Gasteiger partial charge in [-0.05, 0) is 18.1 Å². The van der Waals surface area contributed by atoms with E-state index in [2.05, 4.69) is 40.2 Å². The first-order chi connectivity index (χ1) is 9.24. The highest BCUT2D eigenvalue weighted by molar-refractivity contribution is 9.09. The van der Waals surface area contributed by atoms with E-state index < -0.39 is 0 Å². The topological polar surface area (TPSA) is 18.5 Å². The first-order valence-electron chi connectivity index (χ1n) is 6.14. The zero-order valence-corrected chi connectivity index (χ0v) is 12.7. The number of hydrogen-bond donors (Lipinski definition) is 0. The lowest BCUT2D eigenvalue weighted by Crippen LogP contribution is -1.99. The maximum Gasteiger partial charge on any atom is 0.126 e. The number of alkyl halides is 1. The van der Waals surface area contributed by atoms with Gasteiger partial charge in [-0.1, -0.05) is 52.3 Å². The number of rotatable bonds is 5. The normalized spacial score (nSPS) is 11.9. The second-order valence-electron chi connectivity index (χ2n) is 4.27. The summed E-state index contributed by atoms with van der Waals surface area (Å²) in [4.78, 5) is 0.218. The van der Waals surface area contributed by atoms with Crippen LogP contribution in [0.5, 0.6) is 11.5 Å². The molecule has 0 bridgehead atoms. The van der Waals surface area contributed by atoms with Gasteiger partial charge in [0.2, 0.25) is 0 Å². The summed E-state index contributed by atoms with van der Waals surface area (Å²) in [7, 11) is 3.34. The maximum absolute atomic E-state index is 5.44. The average Bonchev–Trinajstić information content (AvgIpc) is 2.47. The number of methoxy groups -OCH3 is 2. The third-order valence-electron chi connectivity index (χ3n) is 3.04. The molecule has 2 aromatic rings. The number of hydrogen-bond acceptors (Lipinski definition) is 2. The molecule has 2 aromatic carbocycles. The van der Waals surface area contributed by atoms with Crippen LogP contribution in [0.1, 0.15) is 16.0 Å². The molecule has 0 fully saturated rings. The Bertz CT molecular complexity index is 526. The van der Waals surface area contributed by atoms with Crippen LogP contribution in [0.15, 0.2) is 48.5 Å². The largest absolute Gasteiger partial charge is 0.497 e. The molecule has 3 heteroatoms. The summed E-state index contributed by atoms with van der Waals surface area (Å²) in [6, 6.07) is 16.3. The number of halogens is 1. The highest BCUT2D eigenvalue weighted by Gasteiger charge is 2.14. The minimum absolute atomic E-state index is 0.218. The molecule has 2 rings (SSSR count). The fraction of sp³-hybridized carbons (Fsp3) is 0.250. The molecule has 1 unspecified atom stereocenters. The third kappa shape index (κ3) is 3.51. The van der Waals surface area contributed by atoms with Crippen LogP contribution >= 0.6 is 15.9 Å². The van der Waals surface area contributed by atoms with Crippen molar-refractivity contribution in [2.24, 2.45) is 0 Å². The fourth-order valence-electron chi connectivity index (χ4n) is 2.01. The summed E-state index contributed by atoms with van der Waals surface area (Å²) >= 11 is 3.74. The van der Waals surface area contributed by atoms with Crippen molar-refractivity contribution < 1.29 is 9.47 Å². The Balaban J connectivity index is 2.21. The molecule has 2 nitrogen and oxygen atoms in total. The van der Waals surface area contributed by atoms with Gasteiger partial charge in [0.25, 0.3) is 0 Å². The van der Waals surface area contributed by atoms with Gasteiger partial charge in [0.05, 0.1) is 14.2 Å². The van der Waals surface area contributed by atoms with Crippen molar-refractivity contribution in [3.63, 3.8) is 0 Å². The minimum Gasteiger partial charge on any atom is -0.497 e. The zero-order chi connectivity index (χ0) is 13.7. The van der Waals surface area contributed by atoms with Crippen LogP contribution in [-0.4, -0.2) is 14.2 Å². The molecule has 0 aliphatic rings. The molecule has 19 heavy (non-hydrogen) atoms. The second-order valence-corrected chi connectivity index (χ2v) is 5.37. The standard InChI is InChI=1S/C16H17BrO2/c1-18-13-8-9-14(16(11-13)19-2)15(17)10-12-6-4-3-5-7-12/h3-9,11,15H,10H2,1-2H3. The van der Waals surface area contributed by atoms with E-state index in [-0.39, 0.29) is 4.83 Å². The van der Waals surface area contributed by atoms with E-state index in [1.807, 2.05) is 24.3 Å². The molecule has 0 saturated carbocycles. The molecular formula is C16H17BrO2. The van der Waals surface area contributed by atoms with Gasteiger partial charge >= 0.3 is 0 Å². The molecule has 1 atom stereocenters. The predicted molar refractivity (Wildman–Crippen MR) is 81.4 cm³/mol. The summed E-state index contributed by atoms with van der Waals surface area (Å²) in [5, 5.41) is 0. The Morgan fingerprint density at radius 2 is 1.74 bits per heavy atom. The van der Waals surface area contributed by atoms with Crippen molar-refractivity contribution in [2.75, 3.05) is 14.2 Å². The van der Waals surface area contributed by atoms with E-state index in [1.165, 1.54) is 5.56 Å². The molecule has 0 amide bonds. The lowest BCUT2D eigenvalue weighted by molar-refractivity contribution is 0.391. The van der Waals surface area contributed by atoms with Gasteiger partial charge in [0, 0.05) is 16.5 Å². The van der Waals surface area contributed by atoms with Crippen LogP contribution in [0.3, 0.4) is 0 Å². The molecule has 0 radical (unpaired) electrons. The van der Waals surface area contributed by atoms with Crippen LogP contribution in [0.4, 0.5) is 0 Å². The van der Waals surface area contributed by atoms with E-state index in [9.17, 15) is 0 Å². The highest BCUT2D eigenvalue weighted by Crippen LogP contribution is 2.35. The number of benzene rings is 2. The van der Waals surface area contributed by atoms with Crippen LogP contribution in [0.25, 0.3) is 0 Å². The summed E-state index contributed by atoms with van der Waals surface area (Å²) in [6.07, 6.45) is 0.920. The first-order valence-corrected chi connectivity index (χ1v) is 7.06. The lowest BCUT2D eigenvalue weighted by Gasteiger charge is -2.15. The van der Waals surface area contributed by atoms with E-state index in [0.29, 0.717) is 0 Å².